The van der Waals surface area contributed by atoms with Gasteiger partial charge in [-0.05, 0) is 30.5 Å². The van der Waals surface area contributed by atoms with Crippen molar-refractivity contribution < 1.29 is 4.79 Å². The number of carbonyl (C=O) groups is 1. The molecule has 0 unspecified atom stereocenters. The van der Waals surface area contributed by atoms with Crippen molar-refractivity contribution in [1.82, 2.24) is 4.98 Å². The minimum Gasteiger partial charge on any atom is -0.340 e. The highest BCUT2D eigenvalue weighted by molar-refractivity contribution is 6.29. The fraction of sp³-hybridized carbons (Fsp3) is 0.571. The minimum atomic E-state index is -0.641. The summed E-state index contributed by atoms with van der Waals surface area (Å²) in [6, 6.07) is 2.84. The number of nitrogens with two attached hydrogens (primary N) is 1. The van der Waals surface area contributed by atoms with Crippen molar-refractivity contribution in [1.29, 1.82) is 0 Å². The van der Waals surface area contributed by atoms with E-state index in [0.29, 0.717) is 16.7 Å². The Bertz CT molecular complexity index is 655. The lowest BCUT2D eigenvalue weighted by Crippen LogP contribution is -2.60. The lowest BCUT2D eigenvalue weighted by Gasteiger charge is -2.45. The van der Waals surface area contributed by atoms with E-state index in [2.05, 4.69) is 15.0 Å². The van der Waals surface area contributed by atoms with Crippen molar-refractivity contribution in [3.05, 3.63) is 27.7 Å². The number of fused-ring (bicyclic) bond motifs is 1. The molecule has 1 aromatic heterocycles. The van der Waals surface area contributed by atoms with Gasteiger partial charge >= 0.3 is 0 Å². The number of hydrazine groups is 1. The smallest absolute Gasteiger partial charge is 0.264 e. The van der Waals surface area contributed by atoms with Gasteiger partial charge in [-0.15, -0.1) is 0 Å². The molecule has 0 saturated heterocycles. The molecule has 1 amide bonds. The van der Waals surface area contributed by atoms with E-state index in [0.717, 1.165) is 30.7 Å². The van der Waals surface area contributed by atoms with Crippen LogP contribution in [0.25, 0.3) is 10.4 Å². The topological polar surface area (TPSA) is 111 Å². The number of amides is 1. The molecule has 0 spiro atoms. The van der Waals surface area contributed by atoms with Crippen LogP contribution in [0.15, 0.2) is 17.2 Å². The average molecular weight is 336 g/mol. The molecule has 9 heteroatoms. The average Bonchev–Trinajstić information content (AvgIpc) is 2.57. The first-order valence-corrected chi connectivity index (χ1v) is 8.05. The molecule has 1 aliphatic heterocycles. The summed E-state index contributed by atoms with van der Waals surface area (Å²) in [5.41, 5.74) is 9.16. The molecular formula is C14H18ClN7O. The second-order valence-corrected chi connectivity index (χ2v) is 6.20. The molecule has 1 fully saturated rings. The molecule has 3 rings (SSSR count). The first-order valence-electron chi connectivity index (χ1n) is 7.68. The van der Waals surface area contributed by atoms with Crippen LogP contribution < -0.4 is 15.8 Å². The molecule has 2 heterocycles. The lowest BCUT2D eigenvalue weighted by molar-refractivity contribution is -0.120. The molecule has 1 aliphatic carbocycles. The predicted molar refractivity (Wildman–Crippen MR) is 88.1 cm³/mol. The van der Waals surface area contributed by atoms with Gasteiger partial charge in [0.2, 0.25) is 0 Å². The van der Waals surface area contributed by atoms with Crippen LogP contribution in [0.3, 0.4) is 0 Å². The SMILES string of the molecule is [N-]=[N+]=NC[C@@H]1C(=O)N(N)c2ccc(Cl)nc2N1C1CCCCC1. The summed E-state index contributed by atoms with van der Waals surface area (Å²) < 4.78 is 0. The van der Waals surface area contributed by atoms with Crippen molar-refractivity contribution in [3.63, 3.8) is 0 Å². The van der Waals surface area contributed by atoms with Crippen LogP contribution in [0.1, 0.15) is 32.1 Å². The van der Waals surface area contributed by atoms with Gasteiger partial charge in [-0.2, -0.15) is 0 Å². The number of halogens is 1. The van der Waals surface area contributed by atoms with Gasteiger partial charge in [0.25, 0.3) is 5.91 Å². The van der Waals surface area contributed by atoms with Crippen molar-refractivity contribution in [2.24, 2.45) is 11.0 Å². The van der Waals surface area contributed by atoms with Gasteiger partial charge in [0.15, 0.2) is 5.82 Å². The fourth-order valence-corrected chi connectivity index (χ4v) is 3.55. The first-order chi connectivity index (χ1) is 11.1. The van der Waals surface area contributed by atoms with Crippen LogP contribution in [0, 0.1) is 0 Å². The van der Waals surface area contributed by atoms with E-state index in [9.17, 15) is 4.79 Å². The molecule has 2 aliphatic rings. The van der Waals surface area contributed by atoms with Crippen molar-refractivity contribution in [3.8, 4) is 0 Å². The number of nitrogens with zero attached hydrogens (tertiary/aromatic N) is 6. The Morgan fingerprint density at radius 1 is 1.39 bits per heavy atom. The molecule has 1 aromatic rings. The van der Waals surface area contributed by atoms with Crippen LogP contribution in [0.4, 0.5) is 11.5 Å². The molecule has 0 aromatic carbocycles. The lowest BCUT2D eigenvalue weighted by atomic mass is 9.92. The van der Waals surface area contributed by atoms with Crippen LogP contribution >= 0.6 is 11.6 Å². The Labute approximate surface area is 138 Å². The molecular weight excluding hydrogens is 318 g/mol. The van der Waals surface area contributed by atoms with Crippen LogP contribution in [-0.4, -0.2) is 29.5 Å². The molecule has 2 N–H and O–H groups in total. The molecule has 8 nitrogen and oxygen atoms in total. The van der Waals surface area contributed by atoms with Gasteiger partial charge in [0.1, 0.15) is 16.9 Å². The van der Waals surface area contributed by atoms with Gasteiger partial charge < -0.3 is 4.90 Å². The molecule has 122 valence electrons. The molecule has 1 saturated carbocycles. The van der Waals surface area contributed by atoms with E-state index in [4.69, 9.17) is 23.0 Å². The highest BCUT2D eigenvalue weighted by Gasteiger charge is 2.41. The summed E-state index contributed by atoms with van der Waals surface area (Å²) in [6.45, 7) is 0.0210. The van der Waals surface area contributed by atoms with Gasteiger partial charge in [0.05, 0.1) is 6.54 Å². The number of pyridine rings is 1. The summed E-state index contributed by atoms with van der Waals surface area (Å²) in [5.74, 6) is 6.23. The van der Waals surface area contributed by atoms with Crippen molar-refractivity contribution in [2.75, 3.05) is 16.5 Å². The van der Waals surface area contributed by atoms with Gasteiger partial charge in [-0.25, -0.2) is 15.8 Å². The minimum absolute atomic E-state index is 0.0210. The second kappa shape index (κ2) is 6.62. The number of carbonyl (C=O) groups excluding carboxylic acids is 1. The zero-order valence-corrected chi connectivity index (χ0v) is 13.4. The zero-order valence-electron chi connectivity index (χ0n) is 12.6. The Morgan fingerprint density at radius 3 is 2.83 bits per heavy atom. The monoisotopic (exact) mass is 335 g/mol. The molecule has 23 heavy (non-hydrogen) atoms. The Morgan fingerprint density at radius 2 is 2.13 bits per heavy atom. The van der Waals surface area contributed by atoms with Crippen molar-refractivity contribution in [2.45, 2.75) is 44.2 Å². The summed E-state index contributed by atoms with van der Waals surface area (Å²) in [5, 5.41) is 5.02. The molecule has 0 bridgehead atoms. The summed E-state index contributed by atoms with van der Waals surface area (Å²) in [6.07, 6.45) is 5.34. The number of azide groups is 1. The second-order valence-electron chi connectivity index (χ2n) is 5.81. The standard InChI is InChI=1S/C14H18ClN7O/c15-12-7-6-10-13(19-12)21(9-4-2-1-3-5-9)11(8-18-20-16)14(23)22(10)17/h6-7,9,11H,1-5,8,17H2/t11-/m1/s1. The van der Waals surface area contributed by atoms with Crippen molar-refractivity contribution >= 4 is 29.0 Å². The van der Waals surface area contributed by atoms with Gasteiger partial charge in [-0.1, -0.05) is 36.0 Å². The maximum Gasteiger partial charge on any atom is 0.264 e. The molecule has 0 radical (unpaired) electrons. The summed E-state index contributed by atoms with van der Waals surface area (Å²) in [4.78, 5) is 21.8. The number of anilines is 2. The van der Waals surface area contributed by atoms with E-state index < -0.39 is 6.04 Å². The number of hydrogen-bond acceptors (Lipinski definition) is 5. The van der Waals surface area contributed by atoms with Gasteiger partial charge in [0, 0.05) is 11.0 Å². The highest BCUT2D eigenvalue weighted by Crippen LogP contribution is 2.38. The largest absolute Gasteiger partial charge is 0.340 e. The zero-order chi connectivity index (χ0) is 16.4. The highest BCUT2D eigenvalue weighted by atomic mass is 35.5. The van der Waals surface area contributed by atoms with E-state index >= 15 is 0 Å². The van der Waals surface area contributed by atoms with E-state index in [1.807, 2.05) is 4.90 Å². The van der Waals surface area contributed by atoms with Crippen LogP contribution in [0.5, 0.6) is 0 Å². The number of hydrogen-bond donors (Lipinski definition) is 1. The van der Waals surface area contributed by atoms with E-state index in [-0.39, 0.29) is 18.5 Å². The third kappa shape index (κ3) is 2.93. The maximum absolute atomic E-state index is 12.6. The normalized spacial score (nSPS) is 21.8. The van der Waals surface area contributed by atoms with E-state index in [1.54, 1.807) is 12.1 Å². The Hall–Kier alpha value is -2.02. The Balaban J connectivity index is 2.07. The third-order valence-electron chi connectivity index (χ3n) is 4.47. The van der Waals surface area contributed by atoms with Gasteiger partial charge in [-0.3, -0.25) is 4.79 Å². The quantitative estimate of drug-likeness (QED) is 0.228. The van der Waals surface area contributed by atoms with Crippen LogP contribution in [0.2, 0.25) is 5.15 Å². The number of rotatable bonds is 3. The third-order valence-corrected chi connectivity index (χ3v) is 4.68. The Kier molecular flexibility index (Phi) is 4.56. The van der Waals surface area contributed by atoms with Crippen LogP contribution in [-0.2, 0) is 4.79 Å². The maximum atomic E-state index is 12.6. The molecule has 1 atom stereocenters. The summed E-state index contributed by atoms with van der Waals surface area (Å²) in [7, 11) is 0. The number of aromatic nitrogens is 1. The summed E-state index contributed by atoms with van der Waals surface area (Å²) >= 11 is 6.05. The van der Waals surface area contributed by atoms with E-state index in [1.165, 1.54) is 6.42 Å². The fourth-order valence-electron chi connectivity index (χ4n) is 3.41. The predicted octanol–water partition coefficient (Wildman–Crippen LogP) is 2.77. The first kappa shape index (κ1) is 15.9.